The third-order valence-corrected chi connectivity index (χ3v) is 6.58. The van der Waals surface area contributed by atoms with Gasteiger partial charge in [-0.25, -0.2) is 8.42 Å². The molecule has 0 unspecified atom stereocenters. The van der Waals surface area contributed by atoms with E-state index in [9.17, 15) is 13.2 Å². The minimum Gasteiger partial charge on any atom is -0.496 e. The molecule has 0 spiro atoms. The molecule has 0 saturated carbocycles. The Balaban J connectivity index is 1.62. The molecule has 0 bridgehead atoms. The molecule has 1 amide bonds. The zero-order valence-corrected chi connectivity index (χ0v) is 20.2. The Morgan fingerprint density at radius 1 is 1.00 bits per heavy atom. The molecular weight excluding hydrogens is 487 g/mol. The van der Waals surface area contributed by atoms with Crippen molar-refractivity contribution in [3.63, 3.8) is 0 Å². The van der Waals surface area contributed by atoms with Crippen molar-refractivity contribution in [3.05, 3.63) is 82.3 Å². The van der Waals surface area contributed by atoms with Gasteiger partial charge in [0.1, 0.15) is 11.5 Å². The molecule has 0 radical (unpaired) electrons. The standard InChI is InChI=1S/C23H22Cl2N2O5S/c1-15(19-5-3-4-6-21(19)31-2)26-23(28)14-32-22-12-11-18(13-20(22)25)33(29,30)27-17-9-7-16(24)8-10-17/h3-13,15,27H,14H2,1-2H3,(H,26,28)/t15-/m0/s1. The number of benzene rings is 3. The van der Waals surface area contributed by atoms with Crippen LogP contribution in [0.4, 0.5) is 5.69 Å². The molecule has 0 aliphatic carbocycles. The second-order valence-electron chi connectivity index (χ2n) is 7.02. The molecule has 7 nitrogen and oxygen atoms in total. The van der Waals surface area contributed by atoms with Crippen molar-refractivity contribution in [1.82, 2.24) is 5.32 Å². The average Bonchev–Trinajstić information content (AvgIpc) is 2.79. The first kappa shape index (κ1) is 24.7. The summed E-state index contributed by atoms with van der Waals surface area (Å²) < 4.78 is 38.5. The van der Waals surface area contributed by atoms with Crippen molar-refractivity contribution in [3.8, 4) is 11.5 Å². The number of ether oxygens (including phenoxy) is 2. The van der Waals surface area contributed by atoms with E-state index in [1.165, 1.54) is 18.2 Å². The summed E-state index contributed by atoms with van der Waals surface area (Å²) in [5, 5.41) is 3.37. The van der Waals surface area contributed by atoms with Crippen molar-refractivity contribution in [2.75, 3.05) is 18.4 Å². The molecule has 0 aliphatic rings. The normalized spacial score (nSPS) is 12.0. The van der Waals surface area contributed by atoms with Gasteiger partial charge in [0.2, 0.25) is 0 Å². The Labute approximate surface area is 202 Å². The maximum absolute atomic E-state index is 12.6. The van der Waals surface area contributed by atoms with E-state index in [4.69, 9.17) is 32.7 Å². The number of nitrogens with one attached hydrogen (secondary N) is 2. The third-order valence-electron chi connectivity index (χ3n) is 4.65. The number of amides is 1. The van der Waals surface area contributed by atoms with E-state index in [0.29, 0.717) is 16.5 Å². The van der Waals surface area contributed by atoms with Gasteiger partial charge in [0.25, 0.3) is 15.9 Å². The van der Waals surface area contributed by atoms with Crippen LogP contribution < -0.4 is 19.5 Å². The molecule has 3 rings (SSSR count). The minimum absolute atomic E-state index is 0.0518. The minimum atomic E-state index is -3.87. The van der Waals surface area contributed by atoms with Gasteiger partial charge in [0.05, 0.1) is 23.1 Å². The van der Waals surface area contributed by atoms with Crippen molar-refractivity contribution >= 4 is 44.8 Å². The Morgan fingerprint density at radius 3 is 2.36 bits per heavy atom. The van der Waals surface area contributed by atoms with Gasteiger partial charge < -0.3 is 14.8 Å². The van der Waals surface area contributed by atoms with Crippen LogP contribution >= 0.6 is 23.2 Å². The van der Waals surface area contributed by atoms with Gasteiger partial charge in [0.15, 0.2) is 6.61 Å². The highest BCUT2D eigenvalue weighted by Crippen LogP contribution is 2.29. The summed E-state index contributed by atoms with van der Waals surface area (Å²) in [7, 11) is -2.31. The van der Waals surface area contributed by atoms with Gasteiger partial charge in [-0.2, -0.15) is 0 Å². The predicted molar refractivity (Wildman–Crippen MR) is 129 cm³/mol. The van der Waals surface area contributed by atoms with E-state index in [2.05, 4.69) is 10.0 Å². The Hall–Kier alpha value is -2.94. The van der Waals surface area contributed by atoms with Crippen LogP contribution in [0.5, 0.6) is 11.5 Å². The van der Waals surface area contributed by atoms with Crippen LogP contribution in [0, 0.1) is 0 Å². The molecule has 33 heavy (non-hydrogen) atoms. The Kier molecular flexibility index (Phi) is 8.07. The molecule has 0 saturated heterocycles. The highest BCUT2D eigenvalue weighted by molar-refractivity contribution is 7.92. The molecule has 10 heteroatoms. The van der Waals surface area contributed by atoms with E-state index in [1.54, 1.807) is 31.4 Å². The summed E-state index contributed by atoms with van der Waals surface area (Å²) in [5.74, 6) is 0.478. The quantitative estimate of drug-likeness (QED) is 0.421. The lowest BCUT2D eigenvalue weighted by Crippen LogP contribution is -2.31. The molecule has 0 heterocycles. The van der Waals surface area contributed by atoms with Crippen LogP contribution in [0.15, 0.2) is 71.6 Å². The number of para-hydroxylation sites is 1. The lowest BCUT2D eigenvalue weighted by atomic mass is 10.1. The maximum Gasteiger partial charge on any atom is 0.261 e. The van der Waals surface area contributed by atoms with Gasteiger partial charge in [-0.1, -0.05) is 41.4 Å². The fraction of sp³-hybridized carbons (Fsp3) is 0.174. The summed E-state index contributed by atoms with van der Waals surface area (Å²) in [6, 6.07) is 17.3. The van der Waals surface area contributed by atoms with E-state index < -0.39 is 10.0 Å². The van der Waals surface area contributed by atoms with Gasteiger partial charge in [-0.15, -0.1) is 0 Å². The van der Waals surface area contributed by atoms with Crippen LogP contribution in [0.2, 0.25) is 10.0 Å². The van der Waals surface area contributed by atoms with Crippen molar-refractivity contribution in [2.24, 2.45) is 0 Å². The highest BCUT2D eigenvalue weighted by atomic mass is 35.5. The number of rotatable bonds is 9. The molecule has 0 fully saturated rings. The van der Waals surface area contributed by atoms with Crippen molar-refractivity contribution in [2.45, 2.75) is 17.9 Å². The van der Waals surface area contributed by atoms with Crippen LogP contribution in [-0.2, 0) is 14.8 Å². The van der Waals surface area contributed by atoms with E-state index in [-0.39, 0.29) is 34.2 Å². The lowest BCUT2D eigenvalue weighted by molar-refractivity contribution is -0.123. The second-order valence-corrected chi connectivity index (χ2v) is 9.55. The summed E-state index contributed by atoms with van der Waals surface area (Å²) in [6.45, 7) is 1.53. The zero-order valence-electron chi connectivity index (χ0n) is 17.8. The number of carbonyl (C=O) groups excluding carboxylic acids is 1. The third kappa shape index (κ3) is 6.54. The topological polar surface area (TPSA) is 93.7 Å². The average molecular weight is 509 g/mol. The number of hydrogen-bond acceptors (Lipinski definition) is 5. The Morgan fingerprint density at radius 2 is 1.70 bits per heavy atom. The fourth-order valence-corrected chi connectivity index (χ4v) is 4.54. The first-order valence-electron chi connectivity index (χ1n) is 9.82. The SMILES string of the molecule is COc1ccccc1[C@H](C)NC(=O)COc1ccc(S(=O)(=O)Nc2ccc(Cl)cc2)cc1Cl. The first-order chi connectivity index (χ1) is 15.7. The summed E-state index contributed by atoms with van der Waals surface area (Å²) in [4.78, 5) is 12.3. The predicted octanol–water partition coefficient (Wildman–Crippen LogP) is 5.06. The van der Waals surface area contributed by atoms with Gasteiger partial charge in [-0.05, 0) is 55.5 Å². The molecule has 1 atom stereocenters. The lowest BCUT2D eigenvalue weighted by Gasteiger charge is -2.17. The number of hydrogen-bond donors (Lipinski definition) is 2. The Bertz CT molecular complexity index is 1230. The van der Waals surface area contributed by atoms with Crippen LogP contribution in [0.1, 0.15) is 18.5 Å². The maximum atomic E-state index is 12.6. The first-order valence-corrected chi connectivity index (χ1v) is 12.1. The summed E-state index contributed by atoms with van der Waals surface area (Å²) in [6.07, 6.45) is 0. The largest absolute Gasteiger partial charge is 0.496 e. The van der Waals surface area contributed by atoms with Crippen molar-refractivity contribution < 1.29 is 22.7 Å². The number of methoxy groups -OCH3 is 1. The molecule has 174 valence electrons. The number of carbonyl (C=O) groups is 1. The molecule has 2 N–H and O–H groups in total. The van der Waals surface area contributed by atoms with E-state index in [1.807, 2.05) is 31.2 Å². The molecule has 0 aliphatic heterocycles. The number of sulfonamides is 1. The molecule has 3 aromatic rings. The zero-order chi connectivity index (χ0) is 24.0. The number of anilines is 1. The van der Waals surface area contributed by atoms with Gasteiger partial charge in [0, 0.05) is 16.3 Å². The fourth-order valence-electron chi connectivity index (χ4n) is 3.03. The van der Waals surface area contributed by atoms with Crippen molar-refractivity contribution in [1.29, 1.82) is 0 Å². The van der Waals surface area contributed by atoms with E-state index in [0.717, 1.165) is 5.56 Å². The van der Waals surface area contributed by atoms with Gasteiger partial charge >= 0.3 is 0 Å². The van der Waals surface area contributed by atoms with Crippen LogP contribution in [0.25, 0.3) is 0 Å². The van der Waals surface area contributed by atoms with Crippen LogP contribution in [-0.4, -0.2) is 28.0 Å². The highest BCUT2D eigenvalue weighted by Gasteiger charge is 2.18. The van der Waals surface area contributed by atoms with E-state index >= 15 is 0 Å². The summed E-state index contributed by atoms with van der Waals surface area (Å²) >= 11 is 12.0. The summed E-state index contributed by atoms with van der Waals surface area (Å²) in [5.41, 5.74) is 1.19. The monoisotopic (exact) mass is 508 g/mol. The second kappa shape index (κ2) is 10.8. The molecular formula is C23H22Cl2N2O5S. The number of halogens is 2. The molecule has 3 aromatic carbocycles. The smallest absolute Gasteiger partial charge is 0.261 e. The molecule has 0 aromatic heterocycles. The van der Waals surface area contributed by atoms with Gasteiger partial charge in [-0.3, -0.25) is 9.52 Å². The van der Waals surface area contributed by atoms with Crippen LogP contribution in [0.3, 0.4) is 0 Å².